The Bertz CT molecular complexity index is 1250. The predicted octanol–water partition coefficient (Wildman–Crippen LogP) is 2.79. The summed E-state index contributed by atoms with van der Waals surface area (Å²) in [6.45, 7) is 1.87. The quantitative estimate of drug-likeness (QED) is 0.400. The van der Waals surface area contributed by atoms with E-state index in [2.05, 4.69) is 5.32 Å². The summed E-state index contributed by atoms with van der Waals surface area (Å²) in [5.41, 5.74) is 2.46. The molecule has 0 unspecified atom stereocenters. The molecule has 2 heterocycles. The molecule has 3 aromatic rings. The average molecular weight is 417 g/mol. The van der Waals surface area contributed by atoms with Crippen LogP contribution in [0.1, 0.15) is 11.1 Å². The third-order valence-electron chi connectivity index (χ3n) is 5.04. The van der Waals surface area contributed by atoms with E-state index >= 15 is 0 Å². The van der Waals surface area contributed by atoms with E-state index in [4.69, 9.17) is 4.74 Å². The maximum atomic E-state index is 13.1. The minimum atomic E-state index is -0.802. The number of carbonyl (C=O) groups is 4. The predicted molar refractivity (Wildman–Crippen MR) is 114 cm³/mol. The molecule has 1 aromatic heterocycles. The Morgan fingerprint density at radius 3 is 2.48 bits per heavy atom. The number of nitrogens with one attached hydrogen (secondary N) is 1. The highest BCUT2D eigenvalue weighted by Crippen LogP contribution is 2.26. The van der Waals surface area contributed by atoms with Gasteiger partial charge in [-0.1, -0.05) is 35.9 Å². The second-order valence-corrected chi connectivity index (χ2v) is 7.10. The lowest BCUT2D eigenvalue weighted by molar-refractivity contribution is -0.141. The normalized spacial score (nSPS) is 15.5. The first kappa shape index (κ1) is 20.1. The van der Waals surface area contributed by atoms with Crippen molar-refractivity contribution >= 4 is 46.5 Å². The molecule has 0 aliphatic carbocycles. The van der Waals surface area contributed by atoms with Gasteiger partial charge in [0.05, 0.1) is 12.8 Å². The molecule has 0 bridgehead atoms. The van der Waals surface area contributed by atoms with Crippen LogP contribution in [0.15, 0.2) is 60.3 Å². The summed E-state index contributed by atoms with van der Waals surface area (Å²) in [5, 5.41) is 2.97. The molecule has 2 aromatic carbocycles. The smallest absolute Gasteiger partial charge is 0.335 e. The van der Waals surface area contributed by atoms with Crippen molar-refractivity contribution in [2.45, 2.75) is 13.5 Å². The van der Waals surface area contributed by atoms with Crippen molar-refractivity contribution in [3.63, 3.8) is 0 Å². The molecule has 0 atom stereocenters. The van der Waals surface area contributed by atoms with E-state index in [-0.39, 0.29) is 12.1 Å². The largest absolute Gasteiger partial charge is 0.468 e. The van der Waals surface area contributed by atoms with Crippen molar-refractivity contribution in [1.82, 2.24) is 9.88 Å². The van der Waals surface area contributed by atoms with Gasteiger partial charge in [-0.05, 0) is 31.2 Å². The molecular formula is C23H19N3O5. The van der Waals surface area contributed by atoms with Gasteiger partial charge < -0.3 is 9.30 Å². The minimum absolute atomic E-state index is 0.0195. The lowest BCUT2D eigenvalue weighted by atomic mass is 10.1. The maximum Gasteiger partial charge on any atom is 0.335 e. The molecule has 4 rings (SSSR count). The minimum Gasteiger partial charge on any atom is -0.468 e. The molecule has 1 saturated heterocycles. The first-order valence-corrected chi connectivity index (χ1v) is 9.52. The second-order valence-electron chi connectivity index (χ2n) is 7.10. The highest BCUT2D eigenvalue weighted by molar-refractivity contribution is 6.39. The number of imide groups is 2. The third-order valence-corrected chi connectivity index (χ3v) is 5.04. The number of aryl methyl sites for hydroxylation is 1. The van der Waals surface area contributed by atoms with Crippen LogP contribution in [0.3, 0.4) is 0 Å². The number of esters is 1. The Hall–Kier alpha value is -4.20. The van der Waals surface area contributed by atoms with E-state index in [1.165, 1.54) is 13.2 Å². The SMILES string of the molecule is COC(=O)Cn1cc(C=C2C(=O)NC(=O)N(c3ccc(C)cc3)C2=O)c2ccccc21. The van der Waals surface area contributed by atoms with E-state index in [1.54, 1.807) is 35.0 Å². The summed E-state index contributed by atoms with van der Waals surface area (Å²) in [4.78, 5) is 50.6. The maximum absolute atomic E-state index is 13.1. The van der Waals surface area contributed by atoms with Gasteiger partial charge in [0.15, 0.2) is 0 Å². The monoisotopic (exact) mass is 417 g/mol. The number of carbonyl (C=O) groups excluding carboxylic acids is 4. The number of hydrogen-bond acceptors (Lipinski definition) is 5. The summed E-state index contributed by atoms with van der Waals surface area (Å²) in [7, 11) is 1.30. The van der Waals surface area contributed by atoms with Gasteiger partial charge in [-0.25, -0.2) is 9.69 Å². The summed E-state index contributed by atoms with van der Waals surface area (Å²) in [6.07, 6.45) is 3.10. The molecule has 31 heavy (non-hydrogen) atoms. The number of urea groups is 1. The van der Waals surface area contributed by atoms with Gasteiger partial charge in [-0.3, -0.25) is 19.7 Å². The van der Waals surface area contributed by atoms with Gasteiger partial charge in [-0.15, -0.1) is 0 Å². The molecular weight excluding hydrogens is 398 g/mol. The van der Waals surface area contributed by atoms with Crippen LogP contribution in [-0.4, -0.2) is 35.5 Å². The lowest BCUT2D eigenvalue weighted by Gasteiger charge is -2.26. The fraction of sp³-hybridized carbons (Fsp3) is 0.130. The number of ether oxygens (including phenoxy) is 1. The molecule has 8 heteroatoms. The van der Waals surface area contributed by atoms with E-state index in [9.17, 15) is 19.2 Å². The summed E-state index contributed by atoms with van der Waals surface area (Å²) in [5.74, 6) is -1.92. The Balaban J connectivity index is 1.78. The van der Waals surface area contributed by atoms with Crippen LogP contribution in [0, 0.1) is 6.92 Å². The van der Waals surface area contributed by atoms with Crippen molar-refractivity contribution in [2.24, 2.45) is 0 Å². The number of nitrogens with zero attached hydrogens (tertiary/aromatic N) is 2. The molecule has 8 nitrogen and oxygen atoms in total. The van der Waals surface area contributed by atoms with Gasteiger partial charge in [0.2, 0.25) is 0 Å². The number of para-hydroxylation sites is 1. The highest BCUT2D eigenvalue weighted by Gasteiger charge is 2.37. The molecule has 0 spiro atoms. The zero-order chi connectivity index (χ0) is 22.1. The lowest BCUT2D eigenvalue weighted by Crippen LogP contribution is -2.54. The third kappa shape index (κ3) is 3.71. The molecule has 1 aliphatic heterocycles. The van der Waals surface area contributed by atoms with Gasteiger partial charge in [0, 0.05) is 22.7 Å². The summed E-state index contributed by atoms with van der Waals surface area (Å²) in [6, 6.07) is 13.3. The number of fused-ring (bicyclic) bond motifs is 1. The van der Waals surface area contributed by atoms with Crippen molar-refractivity contribution in [1.29, 1.82) is 0 Å². The van der Waals surface area contributed by atoms with E-state index in [0.717, 1.165) is 21.4 Å². The number of amides is 4. The Kier molecular flexibility index (Phi) is 5.12. The molecule has 1 fully saturated rings. The zero-order valence-corrected chi connectivity index (χ0v) is 16.9. The first-order chi connectivity index (χ1) is 14.9. The molecule has 0 radical (unpaired) electrons. The Morgan fingerprint density at radius 2 is 1.77 bits per heavy atom. The second kappa shape index (κ2) is 7.91. The number of anilines is 1. The van der Waals surface area contributed by atoms with Crippen LogP contribution < -0.4 is 10.2 Å². The van der Waals surface area contributed by atoms with Gasteiger partial charge >= 0.3 is 12.0 Å². The van der Waals surface area contributed by atoms with Gasteiger partial charge in [0.25, 0.3) is 11.8 Å². The van der Waals surface area contributed by atoms with Crippen molar-refractivity contribution in [3.05, 3.63) is 71.4 Å². The fourth-order valence-electron chi connectivity index (χ4n) is 3.47. The standard InChI is InChI=1S/C23H19N3O5/c1-14-7-9-16(10-8-14)26-22(29)18(21(28)24-23(26)30)11-15-12-25(13-20(27)31-2)19-6-4-3-5-17(15)19/h3-12H,13H2,1-2H3,(H,24,28,30). The van der Waals surface area contributed by atoms with Crippen LogP contribution in [0.25, 0.3) is 17.0 Å². The number of barbiturate groups is 1. The topological polar surface area (TPSA) is 97.7 Å². The number of rotatable bonds is 4. The summed E-state index contributed by atoms with van der Waals surface area (Å²) < 4.78 is 6.42. The molecule has 1 aliphatic rings. The fourth-order valence-corrected chi connectivity index (χ4v) is 3.47. The van der Waals surface area contributed by atoms with Crippen LogP contribution in [0.2, 0.25) is 0 Å². The van der Waals surface area contributed by atoms with Crippen LogP contribution in [0.4, 0.5) is 10.5 Å². The molecule has 4 amide bonds. The van der Waals surface area contributed by atoms with E-state index in [0.29, 0.717) is 11.3 Å². The number of methoxy groups -OCH3 is 1. The molecule has 156 valence electrons. The summed E-state index contributed by atoms with van der Waals surface area (Å²) >= 11 is 0. The van der Waals surface area contributed by atoms with Crippen molar-refractivity contribution < 1.29 is 23.9 Å². The van der Waals surface area contributed by atoms with E-state index in [1.807, 2.05) is 31.2 Å². The average Bonchev–Trinajstić information content (AvgIpc) is 3.09. The van der Waals surface area contributed by atoms with Gasteiger partial charge in [-0.2, -0.15) is 0 Å². The Labute approximate surface area is 177 Å². The zero-order valence-electron chi connectivity index (χ0n) is 16.9. The number of hydrogen-bond donors (Lipinski definition) is 1. The molecule has 1 N–H and O–H groups in total. The molecule has 0 saturated carbocycles. The number of benzene rings is 2. The number of aromatic nitrogens is 1. The van der Waals surface area contributed by atoms with Crippen LogP contribution in [-0.2, 0) is 25.7 Å². The van der Waals surface area contributed by atoms with Crippen LogP contribution in [0.5, 0.6) is 0 Å². The first-order valence-electron chi connectivity index (χ1n) is 9.52. The Morgan fingerprint density at radius 1 is 1.06 bits per heavy atom. The highest BCUT2D eigenvalue weighted by atomic mass is 16.5. The van der Waals surface area contributed by atoms with Crippen molar-refractivity contribution in [3.8, 4) is 0 Å². The van der Waals surface area contributed by atoms with E-state index < -0.39 is 23.8 Å². The van der Waals surface area contributed by atoms with Gasteiger partial charge in [0.1, 0.15) is 12.1 Å². The van der Waals surface area contributed by atoms with Crippen LogP contribution >= 0.6 is 0 Å². The van der Waals surface area contributed by atoms with Crippen molar-refractivity contribution in [2.75, 3.05) is 12.0 Å².